The van der Waals surface area contributed by atoms with Crippen molar-refractivity contribution in [3.05, 3.63) is 22.7 Å². The first-order valence-corrected chi connectivity index (χ1v) is 16.3. The van der Waals surface area contributed by atoms with E-state index in [9.17, 15) is 42.7 Å². The number of carbonyl (C=O) groups is 5. The lowest BCUT2D eigenvalue weighted by atomic mass is 10.0. The number of nitrogen functional groups attached to an aromatic ring is 1. The molecule has 48 heavy (non-hydrogen) atoms. The van der Waals surface area contributed by atoms with Crippen LogP contribution in [0.4, 0.5) is 14.6 Å². The van der Waals surface area contributed by atoms with Crippen molar-refractivity contribution >= 4 is 47.0 Å². The number of aliphatic hydroxyl groups is 1. The number of ketones is 2. The van der Waals surface area contributed by atoms with Crippen LogP contribution in [0.1, 0.15) is 45.8 Å². The van der Waals surface area contributed by atoms with E-state index in [0.717, 1.165) is 18.0 Å². The van der Waals surface area contributed by atoms with E-state index in [4.69, 9.17) is 29.4 Å². The molecule has 1 aromatic rings. The molecule has 1 amide bonds. The van der Waals surface area contributed by atoms with Gasteiger partial charge in [-0.1, -0.05) is 6.92 Å². The van der Waals surface area contributed by atoms with Gasteiger partial charge in [-0.15, -0.1) is 0 Å². The van der Waals surface area contributed by atoms with Crippen molar-refractivity contribution in [3.63, 3.8) is 0 Å². The molecule has 19 heteroatoms. The third kappa shape index (κ3) is 13.9. The smallest absolute Gasteiger partial charge is 0.351 e. The lowest BCUT2D eigenvalue weighted by Gasteiger charge is -2.20. The molecule has 0 radical (unpaired) electrons. The topological polar surface area (TPSA) is 225 Å². The van der Waals surface area contributed by atoms with E-state index in [-0.39, 0.29) is 56.4 Å². The number of anilines is 1. The van der Waals surface area contributed by atoms with Crippen LogP contribution in [0, 0.1) is 5.92 Å². The van der Waals surface area contributed by atoms with E-state index in [1.54, 1.807) is 0 Å². The molecule has 4 atom stereocenters. The van der Waals surface area contributed by atoms with Crippen molar-refractivity contribution in [3.8, 4) is 0 Å². The molecule has 1 saturated heterocycles. The summed E-state index contributed by atoms with van der Waals surface area (Å²) in [6.07, 6.45) is -5.38. The summed E-state index contributed by atoms with van der Waals surface area (Å²) in [5.41, 5.74) is 4.22. The monoisotopic (exact) mass is 708 g/mol. The number of amides is 1. The highest BCUT2D eigenvalue weighted by Gasteiger charge is 2.60. The first-order chi connectivity index (χ1) is 22.8. The predicted octanol–water partition coefficient (Wildman–Crippen LogP) is 0.0427. The normalized spacial score (nSPS) is 19.0. The Labute approximate surface area is 279 Å². The van der Waals surface area contributed by atoms with E-state index < -0.39 is 67.0 Å². The van der Waals surface area contributed by atoms with Crippen LogP contribution >= 0.6 is 11.8 Å². The molecule has 2 rings (SSSR count). The van der Waals surface area contributed by atoms with Crippen LogP contribution in [-0.4, -0.2) is 120 Å². The van der Waals surface area contributed by atoms with Crippen LogP contribution in [0.25, 0.3) is 0 Å². The summed E-state index contributed by atoms with van der Waals surface area (Å²) in [6.45, 7) is 2.53. The summed E-state index contributed by atoms with van der Waals surface area (Å²) in [5, 5.41) is 12.6. The van der Waals surface area contributed by atoms with E-state index in [0.29, 0.717) is 30.0 Å². The van der Waals surface area contributed by atoms with E-state index in [1.165, 1.54) is 18.7 Å². The third-order valence-corrected chi connectivity index (χ3v) is 7.78. The molecule has 0 spiro atoms. The maximum Gasteiger partial charge on any atom is 0.351 e. The summed E-state index contributed by atoms with van der Waals surface area (Å²) in [6, 6.07) is 1.09. The molecule has 270 valence electrons. The number of thioether (sulfide) groups is 1. The molecule has 0 unspecified atom stereocenters. The predicted molar refractivity (Wildman–Crippen MR) is 165 cm³/mol. The number of nitrogens with zero attached hydrogens (tertiary/aromatic N) is 2. The molecule has 1 aromatic heterocycles. The second kappa shape index (κ2) is 20.8. The first kappa shape index (κ1) is 40.7. The Hall–Kier alpha value is -3.52. The third-order valence-electron chi connectivity index (χ3n) is 6.74. The number of nitrogens with two attached hydrogens (primary N) is 1. The van der Waals surface area contributed by atoms with Crippen LogP contribution in [0.3, 0.4) is 0 Å². The van der Waals surface area contributed by atoms with Gasteiger partial charge < -0.3 is 39.8 Å². The molecule has 0 saturated carbocycles. The fourth-order valence-electron chi connectivity index (χ4n) is 4.16. The number of ether oxygens (including phenoxy) is 5. The molecule has 0 aromatic carbocycles. The number of hydrogen-bond acceptors (Lipinski definition) is 15. The summed E-state index contributed by atoms with van der Waals surface area (Å²) in [4.78, 5) is 75.4. The Morgan fingerprint density at radius 3 is 2.44 bits per heavy atom. The summed E-state index contributed by atoms with van der Waals surface area (Å²) in [7, 11) is 0. The highest BCUT2D eigenvalue weighted by Crippen LogP contribution is 2.42. The summed E-state index contributed by atoms with van der Waals surface area (Å²) >= 11 is 1.48. The Morgan fingerprint density at radius 2 is 1.79 bits per heavy atom. The van der Waals surface area contributed by atoms with Gasteiger partial charge in [0.15, 0.2) is 12.7 Å². The maximum atomic E-state index is 14.6. The fourth-order valence-corrected chi connectivity index (χ4v) is 4.95. The summed E-state index contributed by atoms with van der Waals surface area (Å²) in [5.74, 6) is -6.26. The minimum Gasteiger partial charge on any atom is -0.460 e. The molecule has 16 nitrogen and oxygen atoms in total. The van der Waals surface area contributed by atoms with Gasteiger partial charge in [0.1, 0.15) is 30.1 Å². The number of halogens is 2. The Balaban J connectivity index is 1.68. The Bertz CT molecular complexity index is 1300. The van der Waals surface area contributed by atoms with Crippen molar-refractivity contribution in [2.45, 2.75) is 63.9 Å². The Morgan fingerprint density at radius 1 is 1.10 bits per heavy atom. The zero-order chi connectivity index (χ0) is 35.7. The van der Waals surface area contributed by atoms with Crippen LogP contribution in [0.2, 0.25) is 0 Å². The lowest BCUT2D eigenvalue weighted by molar-refractivity contribution is -0.162. The van der Waals surface area contributed by atoms with Crippen molar-refractivity contribution in [2.75, 3.05) is 63.4 Å². The number of alkyl halides is 2. The van der Waals surface area contributed by atoms with E-state index in [1.807, 2.05) is 6.92 Å². The number of aromatic nitrogens is 2. The number of aliphatic hydroxyl groups excluding tert-OH is 1. The molecule has 2 heterocycles. The molecule has 4 N–H and O–H groups in total. The maximum absolute atomic E-state index is 14.6. The fraction of sp³-hybridized carbons (Fsp3) is 0.690. The van der Waals surface area contributed by atoms with Crippen molar-refractivity contribution in [1.29, 1.82) is 0 Å². The van der Waals surface area contributed by atoms with Gasteiger partial charge in [0, 0.05) is 37.8 Å². The molecule has 1 aliphatic rings. The first-order valence-electron chi connectivity index (χ1n) is 15.2. The summed E-state index contributed by atoms with van der Waals surface area (Å²) < 4.78 is 54.9. The number of hydrogen-bond donors (Lipinski definition) is 3. The molecular weight excluding hydrogens is 666 g/mol. The van der Waals surface area contributed by atoms with E-state index in [2.05, 4.69) is 10.3 Å². The van der Waals surface area contributed by atoms with Crippen LogP contribution < -0.4 is 16.7 Å². The number of Topliss-reactive ketones (excluding diaryl/α,β-unsaturated/α-hetero) is 2. The zero-order valence-corrected chi connectivity index (χ0v) is 27.5. The van der Waals surface area contributed by atoms with Gasteiger partial charge >= 0.3 is 23.6 Å². The van der Waals surface area contributed by atoms with E-state index >= 15 is 0 Å². The number of nitrogens with one attached hydrogen (secondary N) is 1. The van der Waals surface area contributed by atoms with Gasteiger partial charge in [-0.05, 0) is 18.7 Å². The van der Waals surface area contributed by atoms with Crippen molar-refractivity contribution in [2.24, 2.45) is 5.92 Å². The van der Waals surface area contributed by atoms with Gasteiger partial charge in [-0.3, -0.25) is 23.7 Å². The van der Waals surface area contributed by atoms with Gasteiger partial charge in [0.25, 0.3) is 0 Å². The van der Waals surface area contributed by atoms with Gasteiger partial charge in [-0.2, -0.15) is 25.5 Å². The van der Waals surface area contributed by atoms with Crippen LogP contribution in [0.5, 0.6) is 0 Å². The van der Waals surface area contributed by atoms with Crippen LogP contribution in [-0.2, 0) is 47.7 Å². The second-order valence-electron chi connectivity index (χ2n) is 10.6. The SMILES string of the molecule is CCSC[C@@H](CC(=O)CCOCCOCCC(C)=O)C(=O)NCCC(=O)OCC(=O)OC[C@H]1O[C@@H](n2ccc(N)nc2=O)C(F)(F)[C@@H]1O. The number of carbonyl (C=O) groups excluding carboxylic acids is 5. The average Bonchev–Trinajstić information content (AvgIpc) is 3.25. The molecule has 1 aliphatic heterocycles. The lowest BCUT2D eigenvalue weighted by Crippen LogP contribution is -2.42. The average molecular weight is 709 g/mol. The largest absolute Gasteiger partial charge is 0.460 e. The molecule has 0 aliphatic carbocycles. The zero-order valence-electron chi connectivity index (χ0n) is 26.7. The Kier molecular flexibility index (Phi) is 17.6. The highest BCUT2D eigenvalue weighted by molar-refractivity contribution is 7.99. The van der Waals surface area contributed by atoms with Crippen molar-refractivity contribution in [1.82, 2.24) is 14.9 Å². The van der Waals surface area contributed by atoms with Gasteiger partial charge in [0.2, 0.25) is 12.1 Å². The second-order valence-corrected chi connectivity index (χ2v) is 11.9. The number of esters is 2. The van der Waals surface area contributed by atoms with Gasteiger partial charge in [0.05, 0.1) is 38.8 Å². The molecule has 0 bridgehead atoms. The number of rotatable bonds is 23. The standard InChI is InChI=1S/C29H42F2N4O12S/c1-3-48-17-19(14-20(37)7-11-44-13-12-43-10-6-18(2)36)26(41)33-8-4-23(38)46-16-24(39)45-15-21-25(40)29(30,31)27(47-21)35-9-5-22(32)34-28(35)42/h5,9,19,21,25,27,40H,3-4,6-8,10-17H2,1-2H3,(H,33,41)(H2,32,34,42)/t19-,21-,25-,27-/m1/s1. The quantitative estimate of drug-likeness (QED) is 0.101. The molecule has 1 fully saturated rings. The van der Waals surface area contributed by atoms with Crippen LogP contribution in [0.15, 0.2) is 17.1 Å². The molecular formula is C29H42F2N4O12S. The highest BCUT2D eigenvalue weighted by atomic mass is 32.2. The van der Waals surface area contributed by atoms with Crippen molar-refractivity contribution < 1.29 is 61.5 Å². The minimum atomic E-state index is -3.94. The van der Waals surface area contributed by atoms with Gasteiger partial charge in [-0.25, -0.2) is 9.59 Å². The minimum absolute atomic E-state index is 0.0206.